The maximum atomic E-state index is 12.5. The molecule has 1 aliphatic rings. The van der Waals surface area contributed by atoms with Crippen LogP contribution < -0.4 is 16.0 Å². The maximum Gasteiger partial charge on any atom is 0.404 e. The summed E-state index contributed by atoms with van der Waals surface area (Å²) < 4.78 is 0. The third-order valence-electron chi connectivity index (χ3n) is 5.13. The van der Waals surface area contributed by atoms with Crippen molar-refractivity contribution in [1.29, 1.82) is 0 Å². The molecular weight excluding hydrogens is 380 g/mol. The van der Waals surface area contributed by atoms with Crippen LogP contribution in [0.3, 0.4) is 0 Å². The summed E-state index contributed by atoms with van der Waals surface area (Å²) in [7, 11) is 3.26. The third-order valence-corrected chi connectivity index (χ3v) is 5.13. The van der Waals surface area contributed by atoms with Crippen molar-refractivity contribution in [3.05, 3.63) is 0 Å². The van der Waals surface area contributed by atoms with Gasteiger partial charge in [0.25, 0.3) is 5.91 Å². The van der Waals surface area contributed by atoms with Crippen LogP contribution in [0.5, 0.6) is 0 Å². The van der Waals surface area contributed by atoms with E-state index in [-0.39, 0.29) is 18.2 Å². The van der Waals surface area contributed by atoms with Crippen molar-refractivity contribution < 1.29 is 29.4 Å². The average molecular weight is 415 g/mol. The van der Waals surface area contributed by atoms with Crippen molar-refractivity contribution in [1.82, 2.24) is 20.9 Å². The molecule has 29 heavy (non-hydrogen) atoms. The molecule has 4 amide bonds. The van der Waals surface area contributed by atoms with Crippen LogP contribution in [0.1, 0.15) is 51.9 Å². The Morgan fingerprint density at radius 2 is 1.69 bits per heavy atom. The second-order valence-electron chi connectivity index (χ2n) is 7.68. The van der Waals surface area contributed by atoms with E-state index < -0.39 is 42.6 Å². The third kappa shape index (κ3) is 8.26. The number of hydrogen-bond donors (Lipinski definition) is 5. The van der Waals surface area contributed by atoms with Gasteiger partial charge in [-0.05, 0) is 25.2 Å². The van der Waals surface area contributed by atoms with Crippen LogP contribution in [-0.4, -0.2) is 77.8 Å². The predicted octanol–water partition coefficient (Wildman–Crippen LogP) is 0.0531. The van der Waals surface area contributed by atoms with Crippen LogP contribution in [0.4, 0.5) is 4.79 Å². The van der Waals surface area contributed by atoms with Crippen LogP contribution in [0.15, 0.2) is 0 Å². The van der Waals surface area contributed by atoms with Crippen molar-refractivity contribution in [3.8, 4) is 0 Å². The highest BCUT2D eigenvalue weighted by atomic mass is 16.4. The number of aliphatic hydroxyl groups is 1. The fourth-order valence-corrected chi connectivity index (χ4v) is 3.58. The Balaban J connectivity index is 2.64. The summed E-state index contributed by atoms with van der Waals surface area (Å²) >= 11 is 0. The van der Waals surface area contributed by atoms with Gasteiger partial charge in [0.15, 0.2) is 6.10 Å². The van der Waals surface area contributed by atoms with Gasteiger partial charge in [-0.1, -0.05) is 32.6 Å². The van der Waals surface area contributed by atoms with Crippen LogP contribution in [0.25, 0.3) is 0 Å². The first-order valence-electron chi connectivity index (χ1n) is 10.1. The van der Waals surface area contributed by atoms with Gasteiger partial charge in [0.05, 0.1) is 12.6 Å². The number of aliphatic hydroxyl groups excluding tert-OH is 1. The quantitative estimate of drug-likeness (QED) is 0.341. The SMILES string of the molecule is CCC[C@H](NC(=O)O)C(O)C(=O)NCC(=O)N[C@H](C(=O)N(C)C)C1CCCCC1. The van der Waals surface area contributed by atoms with Gasteiger partial charge in [0.1, 0.15) is 6.04 Å². The maximum absolute atomic E-state index is 12.5. The van der Waals surface area contributed by atoms with E-state index in [4.69, 9.17) is 5.11 Å². The summed E-state index contributed by atoms with van der Waals surface area (Å²) in [6.07, 6.45) is 2.72. The number of rotatable bonds is 10. The Kier molecular flexibility index (Phi) is 10.4. The molecule has 0 radical (unpaired) electrons. The van der Waals surface area contributed by atoms with Crippen LogP contribution in [0, 0.1) is 5.92 Å². The number of hydrogen-bond acceptors (Lipinski definition) is 5. The molecule has 10 heteroatoms. The number of nitrogens with one attached hydrogen (secondary N) is 3. The minimum Gasteiger partial charge on any atom is -0.465 e. The number of carbonyl (C=O) groups excluding carboxylic acids is 3. The Labute approximate surface area is 171 Å². The molecule has 1 aliphatic carbocycles. The van der Waals surface area contributed by atoms with Gasteiger partial charge in [-0.2, -0.15) is 0 Å². The van der Waals surface area contributed by atoms with Gasteiger partial charge in [0.2, 0.25) is 11.8 Å². The van der Waals surface area contributed by atoms with Gasteiger partial charge in [0, 0.05) is 14.1 Å². The summed E-state index contributed by atoms with van der Waals surface area (Å²) in [6.45, 7) is 1.38. The monoisotopic (exact) mass is 414 g/mol. The fraction of sp³-hybridized carbons (Fsp3) is 0.789. The second kappa shape index (κ2) is 12.3. The minimum absolute atomic E-state index is 0.0533. The second-order valence-corrected chi connectivity index (χ2v) is 7.68. The summed E-state index contributed by atoms with van der Waals surface area (Å²) in [5.74, 6) is -1.52. The lowest BCUT2D eigenvalue weighted by Gasteiger charge is -2.31. The largest absolute Gasteiger partial charge is 0.465 e. The van der Waals surface area contributed by atoms with Gasteiger partial charge >= 0.3 is 6.09 Å². The van der Waals surface area contributed by atoms with Crippen molar-refractivity contribution in [2.45, 2.75) is 70.1 Å². The lowest BCUT2D eigenvalue weighted by molar-refractivity contribution is -0.137. The zero-order valence-corrected chi connectivity index (χ0v) is 17.4. The Hall–Kier alpha value is -2.36. The molecule has 5 N–H and O–H groups in total. The molecule has 0 heterocycles. The van der Waals surface area contributed by atoms with Crippen molar-refractivity contribution in [2.24, 2.45) is 5.92 Å². The number of carbonyl (C=O) groups is 4. The molecule has 0 aliphatic heterocycles. The number of amides is 4. The van der Waals surface area contributed by atoms with Crippen LogP contribution in [-0.2, 0) is 14.4 Å². The molecule has 0 aromatic heterocycles. The average Bonchev–Trinajstić information content (AvgIpc) is 2.69. The van der Waals surface area contributed by atoms with Crippen LogP contribution in [0.2, 0.25) is 0 Å². The highest BCUT2D eigenvalue weighted by molar-refractivity contribution is 5.91. The first kappa shape index (κ1) is 24.7. The van der Waals surface area contributed by atoms with E-state index in [1.807, 2.05) is 0 Å². The topological polar surface area (TPSA) is 148 Å². The van der Waals surface area contributed by atoms with E-state index in [0.29, 0.717) is 6.42 Å². The Morgan fingerprint density at radius 3 is 2.21 bits per heavy atom. The Bertz CT molecular complexity index is 577. The molecule has 1 fully saturated rings. The molecule has 0 bridgehead atoms. The smallest absolute Gasteiger partial charge is 0.404 e. The summed E-state index contributed by atoms with van der Waals surface area (Å²) in [5, 5.41) is 26.0. The van der Waals surface area contributed by atoms with E-state index >= 15 is 0 Å². The summed E-state index contributed by atoms with van der Waals surface area (Å²) in [4.78, 5) is 49.2. The molecule has 166 valence electrons. The number of nitrogens with zero attached hydrogens (tertiary/aromatic N) is 1. The standard InChI is InChI=1S/C19H34N4O6/c1-4-8-13(21-19(28)29)16(25)17(26)20-11-14(24)22-15(18(27)23(2)3)12-9-6-5-7-10-12/h12-13,15-16,21,25H,4-11H2,1-3H3,(H,20,26)(H,22,24)(H,28,29)/t13-,15-,16?/m0/s1. The predicted molar refractivity (Wildman–Crippen MR) is 106 cm³/mol. The summed E-state index contributed by atoms with van der Waals surface area (Å²) in [5.41, 5.74) is 0. The van der Waals surface area contributed by atoms with E-state index in [1.54, 1.807) is 21.0 Å². The molecule has 0 aromatic rings. The van der Waals surface area contributed by atoms with Gasteiger partial charge in [-0.3, -0.25) is 14.4 Å². The highest BCUT2D eigenvalue weighted by Gasteiger charge is 2.32. The van der Waals surface area contributed by atoms with Crippen molar-refractivity contribution in [2.75, 3.05) is 20.6 Å². The molecule has 1 saturated carbocycles. The first-order chi connectivity index (χ1) is 13.7. The first-order valence-corrected chi connectivity index (χ1v) is 10.1. The zero-order valence-electron chi connectivity index (χ0n) is 17.4. The number of likely N-dealkylation sites (N-methyl/N-ethyl adjacent to an activating group) is 1. The molecule has 1 unspecified atom stereocenters. The minimum atomic E-state index is -1.61. The molecule has 0 aromatic carbocycles. The lowest BCUT2D eigenvalue weighted by Crippen LogP contribution is -2.55. The molecule has 1 rings (SSSR count). The molecule has 0 spiro atoms. The van der Waals surface area contributed by atoms with Gasteiger partial charge in [-0.15, -0.1) is 0 Å². The van der Waals surface area contributed by atoms with Crippen molar-refractivity contribution in [3.63, 3.8) is 0 Å². The molecule has 3 atom stereocenters. The van der Waals surface area contributed by atoms with Gasteiger partial charge < -0.3 is 31.1 Å². The molecule has 0 saturated heterocycles. The number of carboxylic acid groups (broad SMARTS) is 1. The van der Waals surface area contributed by atoms with Crippen molar-refractivity contribution >= 4 is 23.8 Å². The van der Waals surface area contributed by atoms with E-state index in [0.717, 1.165) is 32.1 Å². The van der Waals surface area contributed by atoms with E-state index in [9.17, 15) is 24.3 Å². The Morgan fingerprint density at radius 1 is 1.07 bits per heavy atom. The van der Waals surface area contributed by atoms with Crippen LogP contribution >= 0.6 is 0 Å². The summed E-state index contributed by atoms with van der Waals surface area (Å²) in [6, 6.07) is -1.62. The fourth-order valence-electron chi connectivity index (χ4n) is 3.58. The van der Waals surface area contributed by atoms with Gasteiger partial charge in [-0.25, -0.2) is 4.79 Å². The van der Waals surface area contributed by atoms with E-state index in [1.165, 1.54) is 4.90 Å². The zero-order chi connectivity index (χ0) is 22.0. The molecule has 10 nitrogen and oxygen atoms in total. The van der Waals surface area contributed by atoms with E-state index in [2.05, 4.69) is 16.0 Å². The lowest BCUT2D eigenvalue weighted by atomic mass is 9.83. The molecular formula is C19H34N4O6. The normalized spacial score (nSPS) is 17.5. The highest BCUT2D eigenvalue weighted by Crippen LogP contribution is 2.27.